The van der Waals surface area contributed by atoms with E-state index in [1.54, 1.807) is 32.9 Å². The summed E-state index contributed by atoms with van der Waals surface area (Å²) in [5.74, 6) is -5.13. The number of carbonyl (C=O) groups is 2. The first-order chi connectivity index (χ1) is 11.5. The lowest BCUT2D eigenvalue weighted by molar-refractivity contribution is -0.177. The average molecular weight is 355 g/mol. The smallest absolute Gasteiger partial charge is 0.412 e. The molecule has 1 aromatic rings. The minimum absolute atomic E-state index is 0.106. The SMILES string of the molecule is CCOC(=O)C(F)(F)C1(c2cccc(NC(=O)OC(C)(C)C)c2)CC1. The van der Waals surface area contributed by atoms with E-state index in [1.807, 2.05) is 0 Å². The summed E-state index contributed by atoms with van der Waals surface area (Å²) in [7, 11) is 0. The Balaban J connectivity index is 2.21. The van der Waals surface area contributed by atoms with Crippen LogP contribution in [0.4, 0.5) is 19.3 Å². The lowest BCUT2D eigenvalue weighted by Crippen LogP contribution is -2.43. The summed E-state index contributed by atoms with van der Waals surface area (Å²) < 4.78 is 38.8. The third-order valence-corrected chi connectivity index (χ3v) is 3.94. The summed E-state index contributed by atoms with van der Waals surface area (Å²) in [4.78, 5) is 23.5. The maximum absolute atomic E-state index is 14.6. The van der Waals surface area contributed by atoms with E-state index in [9.17, 15) is 18.4 Å². The third kappa shape index (κ3) is 4.08. The van der Waals surface area contributed by atoms with Crippen LogP contribution in [0, 0.1) is 0 Å². The Labute approximate surface area is 145 Å². The molecule has 1 fully saturated rings. The summed E-state index contributed by atoms with van der Waals surface area (Å²) in [6.45, 7) is 6.55. The Bertz CT molecular complexity index is 663. The molecule has 1 amide bonds. The molecule has 25 heavy (non-hydrogen) atoms. The lowest BCUT2D eigenvalue weighted by atomic mass is 9.88. The van der Waals surface area contributed by atoms with E-state index in [1.165, 1.54) is 19.1 Å². The van der Waals surface area contributed by atoms with Gasteiger partial charge in [0, 0.05) is 5.69 Å². The van der Waals surface area contributed by atoms with Gasteiger partial charge in [0.1, 0.15) is 5.60 Å². The van der Waals surface area contributed by atoms with Crippen LogP contribution in [0.1, 0.15) is 46.1 Å². The number of hydrogen-bond donors (Lipinski definition) is 1. The number of anilines is 1. The summed E-state index contributed by atoms with van der Waals surface area (Å²) in [6.07, 6.45) is -0.324. The normalized spacial score (nSPS) is 16.1. The van der Waals surface area contributed by atoms with Crippen molar-refractivity contribution in [3.05, 3.63) is 29.8 Å². The van der Waals surface area contributed by atoms with Gasteiger partial charge in [0.15, 0.2) is 0 Å². The summed E-state index contributed by atoms with van der Waals surface area (Å²) >= 11 is 0. The summed E-state index contributed by atoms with van der Waals surface area (Å²) in [5, 5.41) is 2.52. The fourth-order valence-electron chi connectivity index (χ4n) is 2.64. The number of ether oxygens (including phenoxy) is 2. The van der Waals surface area contributed by atoms with Gasteiger partial charge >= 0.3 is 18.0 Å². The number of esters is 1. The van der Waals surface area contributed by atoms with Crippen molar-refractivity contribution in [1.82, 2.24) is 0 Å². The van der Waals surface area contributed by atoms with Crippen molar-refractivity contribution in [2.45, 2.75) is 57.5 Å². The van der Waals surface area contributed by atoms with Crippen LogP contribution in [0.5, 0.6) is 0 Å². The number of amides is 1. The highest BCUT2D eigenvalue weighted by Gasteiger charge is 2.67. The standard InChI is InChI=1S/C18H23F2NO4/c1-5-24-14(22)18(19,20)17(9-10-17)12-7-6-8-13(11-12)21-15(23)25-16(2,3)4/h6-8,11H,5,9-10H2,1-4H3,(H,21,23). The van der Waals surface area contributed by atoms with E-state index >= 15 is 0 Å². The molecule has 1 aliphatic carbocycles. The predicted octanol–water partition coefficient (Wildman–Crippen LogP) is 4.26. The number of hydrogen-bond acceptors (Lipinski definition) is 4. The number of nitrogens with one attached hydrogen (secondary N) is 1. The highest BCUT2D eigenvalue weighted by molar-refractivity contribution is 5.85. The van der Waals surface area contributed by atoms with E-state index in [-0.39, 0.29) is 19.4 Å². The first-order valence-corrected chi connectivity index (χ1v) is 8.17. The zero-order valence-electron chi connectivity index (χ0n) is 14.8. The molecule has 0 atom stereocenters. The van der Waals surface area contributed by atoms with Crippen molar-refractivity contribution >= 4 is 17.7 Å². The van der Waals surface area contributed by atoms with Crippen LogP contribution in [0.2, 0.25) is 0 Å². The van der Waals surface area contributed by atoms with Gasteiger partial charge in [-0.2, -0.15) is 8.78 Å². The quantitative estimate of drug-likeness (QED) is 0.802. The largest absolute Gasteiger partial charge is 0.462 e. The van der Waals surface area contributed by atoms with E-state index in [4.69, 9.17) is 4.74 Å². The van der Waals surface area contributed by atoms with E-state index < -0.39 is 29.0 Å². The highest BCUT2D eigenvalue weighted by atomic mass is 19.3. The van der Waals surface area contributed by atoms with Crippen molar-refractivity contribution in [1.29, 1.82) is 0 Å². The van der Waals surface area contributed by atoms with Crippen LogP contribution >= 0.6 is 0 Å². The van der Waals surface area contributed by atoms with Crippen molar-refractivity contribution in [2.75, 3.05) is 11.9 Å². The Hall–Kier alpha value is -2.18. The van der Waals surface area contributed by atoms with Crippen molar-refractivity contribution < 1.29 is 27.8 Å². The van der Waals surface area contributed by atoms with E-state index in [0.29, 0.717) is 11.3 Å². The number of carbonyl (C=O) groups excluding carboxylic acids is 2. The second kappa shape index (κ2) is 6.61. The number of alkyl halides is 2. The topological polar surface area (TPSA) is 64.6 Å². The number of rotatable bonds is 5. The van der Waals surface area contributed by atoms with Crippen molar-refractivity contribution in [2.24, 2.45) is 0 Å². The Morgan fingerprint density at radius 2 is 1.88 bits per heavy atom. The molecule has 1 aromatic carbocycles. The molecule has 0 aromatic heterocycles. The molecule has 0 radical (unpaired) electrons. The molecule has 0 heterocycles. The van der Waals surface area contributed by atoms with Gasteiger partial charge in [-0.1, -0.05) is 12.1 Å². The molecule has 0 spiro atoms. The van der Waals surface area contributed by atoms with Gasteiger partial charge in [-0.3, -0.25) is 5.32 Å². The minimum atomic E-state index is -3.62. The first kappa shape index (κ1) is 19.1. The molecule has 138 valence electrons. The summed E-state index contributed by atoms with van der Waals surface area (Å²) in [5.41, 5.74) is -1.63. The zero-order valence-corrected chi connectivity index (χ0v) is 14.8. The van der Waals surface area contributed by atoms with Crippen LogP contribution in [0.25, 0.3) is 0 Å². The molecular weight excluding hydrogens is 332 g/mol. The van der Waals surface area contributed by atoms with Gasteiger partial charge in [-0.05, 0) is 58.2 Å². The molecule has 1 aliphatic rings. The second-order valence-corrected chi connectivity index (χ2v) is 7.08. The van der Waals surface area contributed by atoms with Gasteiger partial charge in [-0.25, -0.2) is 9.59 Å². The lowest BCUT2D eigenvalue weighted by Gasteiger charge is -2.25. The molecule has 1 N–H and O–H groups in total. The monoisotopic (exact) mass is 355 g/mol. The van der Waals surface area contributed by atoms with Crippen LogP contribution in [0.15, 0.2) is 24.3 Å². The van der Waals surface area contributed by atoms with Gasteiger partial charge in [-0.15, -0.1) is 0 Å². The molecule has 0 bridgehead atoms. The average Bonchev–Trinajstić information content (AvgIpc) is 3.27. The van der Waals surface area contributed by atoms with Gasteiger partial charge < -0.3 is 9.47 Å². The van der Waals surface area contributed by atoms with Crippen molar-refractivity contribution in [3.63, 3.8) is 0 Å². The van der Waals surface area contributed by atoms with E-state index in [0.717, 1.165) is 0 Å². The van der Waals surface area contributed by atoms with Crippen LogP contribution < -0.4 is 5.32 Å². The maximum atomic E-state index is 14.6. The molecule has 1 saturated carbocycles. The van der Waals surface area contributed by atoms with Gasteiger partial charge in [0.25, 0.3) is 0 Å². The second-order valence-electron chi connectivity index (χ2n) is 7.08. The van der Waals surface area contributed by atoms with Gasteiger partial charge in [0.05, 0.1) is 12.0 Å². The molecule has 7 heteroatoms. The van der Waals surface area contributed by atoms with Crippen molar-refractivity contribution in [3.8, 4) is 0 Å². The Kier molecular flexibility index (Phi) is 5.06. The van der Waals surface area contributed by atoms with Crippen LogP contribution in [-0.4, -0.2) is 30.2 Å². The molecule has 0 aliphatic heterocycles. The van der Waals surface area contributed by atoms with E-state index in [2.05, 4.69) is 10.1 Å². The third-order valence-electron chi connectivity index (χ3n) is 3.94. The predicted molar refractivity (Wildman–Crippen MR) is 88.8 cm³/mol. The molecular formula is C18H23F2NO4. The van der Waals surface area contributed by atoms with Crippen LogP contribution in [-0.2, 0) is 19.7 Å². The molecule has 2 rings (SSSR count). The number of halogens is 2. The summed E-state index contributed by atoms with van der Waals surface area (Å²) in [6, 6.07) is 6.11. The Morgan fingerprint density at radius 1 is 1.24 bits per heavy atom. The number of benzene rings is 1. The molecule has 0 saturated heterocycles. The van der Waals surface area contributed by atoms with Gasteiger partial charge in [0.2, 0.25) is 0 Å². The molecule has 5 nitrogen and oxygen atoms in total. The molecule has 0 unspecified atom stereocenters. The Morgan fingerprint density at radius 3 is 2.40 bits per heavy atom. The zero-order chi connectivity index (χ0) is 18.9. The van der Waals surface area contributed by atoms with Crippen LogP contribution in [0.3, 0.4) is 0 Å². The minimum Gasteiger partial charge on any atom is -0.462 e. The first-order valence-electron chi connectivity index (χ1n) is 8.17. The maximum Gasteiger partial charge on any atom is 0.412 e. The fraction of sp³-hybridized carbons (Fsp3) is 0.556. The fourth-order valence-corrected chi connectivity index (χ4v) is 2.64. The highest BCUT2D eigenvalue weighted by Crippen LogP contribution is 2.58.